The fraction of sp³-hybridized carbons (Fsp3) is 0.381. The maximum atomic E-state index is 13.0. The van der Waals surface area contributed by atoms with E-state index in [9.17, 15) is 14.4 Å². The maximum absolute atomic E-state index is 13.0. The molecule has 0 bridgehead atoms. The third kappa shape index (κ3) is 3.94. The molecule has 0 radical (unpaired) electrons. The molecule has 2 aromatic rings. The van der Waals surface area contributed by atoms with Crippen LogP contribution in [-0.4, -0.2) is 52.8 Å². The molecule has 0 unspecified atom stereocenters. The zero-order valence-electron chi connectivity index (χ0n) is 15.8. The van der Waals surface area contributed by atoms with E-state index in [-0.39, 0.29) is 17.4 Å². The number of unbranched alkanes of at least 4 members (excludes halogenated alkanes) is 1. The minimum Gasteiger partial charge on any atom is -0.342 e. The topological polar surface area (TPSA) is 73.5 Å². The van der Waals surface area contributed by atoms with E-state index in [1.165, 1.54) is 0 Å². The van der Waals surface area contributed by atoms with Gasteiger partial charge in [-0.3, -0.25) is 14.4 Å². The van der Waals surface area contributed by atoms with Gasteiger partial charge in [0.25, 0.3) is 11.5 Å². The first-order chi connectivity index (χ1) is 13.0. The summed E-state index contributed by atoms with van der Waals surface area (Å²) in [5.41, 5.74) is 1.19. The zero-order valence-corrected chi connectivity index (χ0v) is 15.8. The molecule has 2 amide bonds. The summed E-state index contributed by atoms with van der Waals surface area (Å²) in [6, 6.07) is 12.3. The Balaban J connectivity index is 1.88. The molecule has 27 heavy (non-hydrogen) atoms. The lowest BCUT2D eigenvalue weighted by Gasteiger charge is -2.39. The summed E-state index contributed by atoms with van der Waals surface area (Å²) in [5.74, 6) is -0.432. The summed E-state index contributed by atoms with van der Waals surface area (Å²) in [4.78, 5) is 44.2. The van der Waals surface area contributed by atoms with Crippen LogP contribution in [-0.2, 0) is 4.79 Å². The molecule has 1 aromatic heterocycles. The highest BCUT2D eigenvalue weighted by Crippen LogP contribution is 2.19. The summed E-state index contributed by atoms with van der Waals surface area (Å²) < 4.78 is 0. The number of nitrogens with one attached hydrogen (secondary N) is 1. The summed E-state index contributed by atoms with van der Waals surface area (Å²) in [7, 11) is 1.75. The van der Waals surface area contributed by atoms with E-state index in [1.807, 2.05) is 30.3 Å². The summed E-state index contributed by atoms with van der Waals surface area (Å²) >= 11 is 0. The van der Waals surface area contributed by atoms with Gasteiger partial charge in [0.1, 0.15) is 11.6 Å². The highest BCUT2D eigenvalue weighted by Gasteiger charge is 2.36. The molecule has 1 aliphatic heterocycles. The second-order valence-electron chi connectivity index (χ2n) is 6.90. The number of hydrogen-bond acceptors (Lipinski definition) is 3. The third-order valence-corrected chi connectivity index (χ3v) is 5.03. The molecule has 0 aliphatic carbocycles. The van der Waals surface area contributed by atoms with Crippen molar-refractivity contribution >= 4 is 11.8 Å². The van der Waals surface area contributed by atoms with Gasteiger partial charge in [-0.05, 0) is 24.1 Å². The normalized spacial score (nSPS) is 17.3. The van der Waals surface area contributed by atoms with Crippen LogP contribution >= 0.6 is 0 Å². The van der Waals surface area contributed by atoms with Gasteiger partial charge in [-0.25, -0.2) is 0 Å². The average Bonchev–Trinajstić information content (AvgIpc) is 2.69. The quantitative estimate of drug-likeness (QED) is 0.882. The first-order valence-electron chi connectivity index (χ1n) is 9.37. The molecule has 1 saturated heterocycles. The molecular formula is C21H25N3O3. The molecule has 3 rings (SSSR count). The Morgan fingerprint density at radius 3 is 2.52 bits per heavy atom. The van der Waals surface area contributed by atoms with Crippen molar-refractivity contribution in [3.05, 3.63) is 58.4 Å². The number of aromatic nitrogens is 1. The van der Waals surface area contributed by atoms with Gasteiger partial charge in [0, 0.05) is 25.8 Å². The molecule has 2 heterocycles. The number of hydrogen-bond donors (Lipinski definition) is 1. The molecule has 1 aromatic carbocycles. The summed E-state index contributed by atoms with van der Waals surface area (Å²) in [6.07, 6.45) is 2.42. The number of benzene rings is 1. The number of H-pyrrole nitrogens is 1. The van der Waals surface area contributed by atoms with E-state index in [1.54, 1.807) is 29.0 Å². The van der Waals surface area contributed by atoms with Crippen LogP contribution in [0.15, 0.2) is 47.3 Å². The summed E-state index contributed by atoms with van der Waals surface area (Å²) in [5, 5.41) is 0. The van der Waals surface area contributed by atoms with Crippen LogP contribution in [0.25, 0.3) is 11.3 Å². The maximum Gasteiger partial charge on any atom is 0.261 e. The number of carbonyl (C=O) groups is 2. The number of likely N-dealkylation sites (N-methyl/N-ethyl adjacent to an activating group) is 1. The Labute approximate surface area is 158 Å². The Hall–Kier alpha value is -2.89. The Bertz CT molecular complexity index is 876. The van der Waals surface area contributed by atoms with Crippen LogP contribution in [0, 0.1) is 0 Å². The van der Waals surface area contributed by atoms with Gasteiger partial charge in [-0.2, -0.15) is 0 Å². The van der Waals surface area contributed by atoms with Crippen LogP contribution in [0.2, 0.25) is 0 Å². The molecule has 6 nitrogen and oxygen atoms in total. The molecular weight excluding hydrogens is 342 g/mol. The van der Waals surface area contributed by atoms with Crippen molar-refractivity contribution in [2.75, 3.05) is 20.1 Å². The lowest BCUT2D eigenvalue weighted by Crippen LogP contribution is -2.58. The second-order valence-corrected chi connectivity index (χ2v) is 6.90. The fourth-order valence-corrected chi connectivity index (χ4v) is 3.41. The second kappa shape index (κ2) is 8.20. The van der Waals surface area contributed by atoms with Crippen molar-refractivity contribution in [3.63, 3.8) is 0 Å². The standard InChI is InChI=1S/C21H25N3O3/c1-3-4-10-18-21(27)23(2)13-14-24(18)20(26)16-11-12-17(22-19(16)25)15-8-6-5-7-9-15/h5-9,11-12,18H,3-4,10,13-14H2,1-2H3,(H,22,25)/t18-/m0/s1. The number of aromatic amines is 1. The molecule has 6 heteroatoms. The van der Waals surface area contributed by atoms with E-state index in [2.05, 4.69) is 11.9 Å². The molecule has 1 N–H and O–H groups in total. The smallest absolute Gasteiger partial charge is 0.261 e. The molecule has 0 saturated carbocycles. The predicted octanol–water partition coefficient (Wildman–Crippen LogP) is 2.51. The van der Waals surface area contributed by atoms with Gasteiger partial charge in [-0.15, -0.1) is 0 Å². The van der Waals surface area contributed by atoms with E-state index < -0.39 is 11.6 Å². The van der Waals surface area contributed by atoms with Crippen LogP contribution in [0.5, 0.6) is 0 Å². The zero-order chi connectivity index (χ0) is 19.4. The van der Waals surface area contributed by atoms with E-state index in [0.717, 1.165) is 18.4 Å². The Morgan fingerprint density at radius 2 is 1.85 bits per heavy atom. The predicted molar refractivity (Wildman–Crippen MR) is 104 cm³/mol. The fourth-order valence-electron chi connectivity index (χ4n) is 3.41. The van der Waals surface area contributed by atoms with Crippen molar-refractivity contribution in [1.29, 1.82) is 0 Å². The first-order valence-corrected chi connectivity index (χ1v) is 9.37. The van der Waals surface area contributed by atoms with Gasteiger partial charge in [0.05, 0.1) is 0 Å². The highest BCUT2D eigenvalue weighted by atomic mass is 16.2. The van der Waals surface area contributed by atoms with Gasteiger partial charge < -0.3 is 14.8 Å². The first kappa shape index (κ1) is 18.9. The average molecular weight is 367 g/mol. The highest BCUT2D eigenvalue weighted by molar-refractivity contribution is 5.98. The summed E-state index contributed by atoms with van der Waals surface area (Å²) in [6.45, 7) is 2.97. The lowest BCUT2D eigenvalue weighted by atomic mass is 10.0. The Kier molecular flexibility index (Phi) is 5.74. The lowest BCUT2D eigenvalue weighted by molar-refractivity contribution is -0.138. The number of rotatable bonds is 5. The minimum absolute atomic E-state index is 0.0552. The van der Waals surface area contributed by atoms with Gasteiger partial charge in [0.2, 0.25) is 5.91 Å². The number of amides is 2. The van der Waals surface area contributed by atoms with Crippen LogP contribution in [0.4, 0.5) is 0 Å². The Morgan fingerprint density at radius 1 is 1.11 bits per heavy atom. The monoisotopic (exact) mass is 367 g/mol. The third-order valence-electron chi connectivity index (χ3n) is 5.03. The van der Waals surface area contributed by atoms with Gasteiger partial charge in [-0.1, -0.05) is 50.1 Å². The van der Waals surface area contributed by atoms with Crippen molar-refractivity contribution in [2.24, 2.45) is 0 Å². The minimum atomic E-state index is -0.496. The van der Waals surface area contributed by atoms with Crippen molar-refractivity contribution in [3.8, 4) is 11.3 Å². The molecule has 0 spiro atoms. The van der Waals surface area contributed by atoms with Crippen molar-refractivity contribution in [2.45, 2.75) is 32.2 Å². The number of piperazine rings is 1. The molecule has 1 fully saturated rings. The number of nitrogens with zero attached hydrogens (tertiary/aromatic N) is 2. The van der Waals surface area contributed by atoms with E-state index in [0.29, 0.717) is 25.2 Å². The van der Waals surface area contributed by atoms with Crippen molar-refractivity contribution in [1.82, 2.24) is 14.8 Å². The molecule has 1 atom stereocenters. The number of carbonyl (C=O) groups excluding carboxylic acids is 2. The van der Waals surface area contributed by atoms with Gasteiger partial charge >= 0.3 is 0 Å². The van der Waals surface area contributed by atoms with Crippen LogP contribution in [0.1, 0.15) is 36.5 Å². The molecule has 142 valence electrons. The SMILES string of the molecule is CCCC[C@H]1C(=O)N(C)CCN1C(=O)c1ccc(-c2ccccc2)[nH]c1=O. The molecule has 1 aliphatic rings. The largest absolute Gasteiger partial charge is 0.342 e. The van der Waals surface area contributed by atoms with Gasteiger partial charge in [0.15, 0.2) is 0 Å². The van der Waals surface area contributed by atoms with Crippen LogP contribution < -0.4 is 5.56 Å². The van der Waals surface area contributed by atoms with Crippen LogP contribution in [0.3, 0.4) is 0 Å². The van der Waals surface area contributed by atoms with Crippen molar-refractivity contribution < 1.29 is 9.59 Å². The number of pyridine rings is 1. The van der Waals surface area contributed by atoms with E-state index in [4.69, 9.17) is 0 Å². The van der Waals surface area contributed by atoms with E-state index >= 15 is 0 Å².